The Balaban J connectivity index is 2.38. The summed E-state index contributed by atoms with van der Waals surface area (Å²) < 4.78 is 22.0. The number of fused-ring (bicyclic) bond motifs is 3. The summed E-state index contributed by atoms with van der Waals surface area (Å²) in [5.74, 6) is 1.59. The van der Waals surface area contributed by atoms with Gasteiger partial charge in [-0.15, -0.1) is 0 Å². The number of alkyl halides is 1. The average molecular weight is 478 g/mol. The molecule has 0 fully saturated rings. The lowest BCUT2D eigenvalue weighted by Gasteiger charge is -2.19. The summed E-state index contributed by atoms with van der Waals surface area (Å²) in [6.45, 7) is 0. The zero-order valence-electron chi connectivity index (χ0n) is 17.3. The van der Waals surface area contributed by atoms with Gasteiger partial charge in [0.25, 0.3) is 0 Å². The smallest absolute Gasteiger partial charge is 0.231 e. The highest BCUT2D eigenvalue weighted by Gasteiger charge is 2.29. The first-order chi connectivity index (χ1) is 14.5. The van der Waals surface area contributed by atoms with Gasteiger partial charge in [-0.05, 0) is 47.7 Å². The Morgan fingerprint density at radius 2 is 1.73 bits per heavy atom. The van der Waals surface area contributed by atoms with Crippen LogP contribution in [0.3, 0.4) is 0 Å². The number of carbonyl (C=O) groups is 1. The van der Waals surface area contributed by atoms with Gasteiger partial charge >= 0.3 is 0 Å². The molecule has 0 saturated carbocycles. The summed E-state index contributed by atoms with van der Waals surface area (Å²) in [7, 11) is 6.14. The highest BCUT2D eigenvalue weighted by Crippen LogP contribution is 2.50. The Morgan fingerprint density at radius 1 is 1.03 bits per heavy atom. The third-order valence-electron chi connectivity index (χ3n) is 5.18. The van der Waals surface area contributed by atoms with Gasteiger partial charge in [-0.3, -0.25) is 9.59 Å². The van der Waals surface area contributed by atoms with Crippen LogP contribution in [0.1, 0.15) is 23.6 Å². The van der Waals surface area contributed by atoms with Crippen LogP contribution in [0.4, 0.5) is 0 Å². The normalized spacial score (nSPS) is 14.6. The molecule has 1 aliphatic carbocycles. The first-order valence-corrected chi connectivity index (χ1v) is 10.5. The molecule has 2 aromatic rings. The van der Waals surface area contributed by atoms with Crippen LogP contribution in [0, 0.1) is 0 Å². The molecule has 8 heteroatoms. The third-order valence-corrected chi connectivity index (χ3v) is 5.69. The van der Waals surface area contributed by atoms with E-state index in [4.69, 9.17) is 18.9 Å². The number of hydrogen-bond donors (Lipinski definition) is 1. The van der Waals surface area contributed by atoms with E-state index in [1.165, 1.54) is 13.2 Å². The van der Waals surface area contributed by atoms with Crippen molar-refractivity contribution < 1.29 is 23.7 Å². The van der Waals surface area contributed by atoms with Crippen LogP contribution in [-0.2, 0) is 11.2 Å². The van der Waals surface area contributed by atoms with Crippen LogP contribution in [0.15, 0.2) is 29.1 Å². The molecule has 1 atom stereocenters. The molecule has 3 rings (SSSR count). The maximum Gasteiger partial charge on any atom is 0.231 e. The molecule has 1 amide bonds. The van der Waals surface area contributed by atoms with Gasteiger partial charge in [0.05, 0.1) is 39.8 Å². The van der Waals surface area contributed by atoms with Gasteiger partial charge in [-0.1, -0.05) is 22.0 Å². The van der Waals surface area contributed by atoms with E-state index in [0.717, 1.165) is 16.7 Å². The van der Waals surface area contributed by atoms with Crippen molar-refractivity contribution in [3.8, 4) is 34.1 Å². The first-order valence-electron chi connectivity index (χ1n) is 9.38. The van der Waals surface area contributed by atoms with E-state index >= 15 is 0 Å². The van der Waals surface area contributed by atoms with Crippen LogP contribution in [0.5, 0.6) is 23.0 Å². The minimum absolute atomic E-state index is 0.162. The summed E-state index contributed by atoms with van der Waals surface area (Å²) in [5, 5.41) is 3.17. The standard InChI is InChI=1S/C22H24BrNO6/c1-27-17-8-6-13-14(10-16(17)25)15(24-19(26)11-23)7-5-12-9-18(28-2)21(29-3)22(30-4)20(12)13/h6,8-10,15H,5,7,11H2,1-4H3,(H,24,26)/t15-/m0/s1. The van der Waals surface area contributed by atoms with Crippen molar-refractivity contribution >= 4 is 21.8 Å². The molecular weight excluding hydrogens is 454 g/mol. The summed E-state index contributed by atoms with van der Waals surface area (Å²) in [4.78, 5) is 24.9. The predicted octanol–water partition coefficient (Wildman–Crippen LogP) is 3.25. The number of ether oxygens (including phenoxy) is 4. The maximum absolute atomic E-state index is 12.7. The third kappa shape index (κ3) is 3.96. The predicted molar refractivity (Wildman–Crippen MR) is 117 cm³/mol. The number of nitrogens with one attached hydrogen (secondary N) is 1. The van der Waals surface area contributed by atoms with Gasteiger partial charge in [0.15, 0.2) is 17.2 Å². The lowest BCUT2D eigenvalue weighted by molar-refractivity contribution is -0.119. The molecule has 7 nitrogen and oxygen atoms in total. The number of hydrogen-bond acceptors (Lipinski definition) is 6. The van der Waals surface area contributed by atoms with Gasteiger partial charge in [0, 0.05) is 5.56 Å². The molecule has 0 aliphatic heterocycles. The fourth-order valence-electron chi connectivity index (χ4n) is 3.85. The van der Waals surface area contributed by atoms with Crippen LogP contribution in [0.25, 0.3) is 11.1 Å². The maximum atomic E-state index is 12.7. The molecule has 0 saturated heterocycles. The second-order valence-corrected chi connectivity index (χ2v) is 7.31. The van der Waals surface area contributed by atoms with E-state index in [0.29, 0.717) is 35.7 Å². The van der Waals surface area contributed by atoms with Crippen molar-refractivity contribution in [2.24, 2.45) is 0 Å². The van der Waals surface area contributed by atoms with Gasteiger partial charge in [-0.25, -0.2) is 0 Å². The second-order valence-electron chi connectivity index (χ2n) is 6.75. The summed E-state index contributed by atoms with van der Waals surface area (Å²) in [5.41, 5.74) is 2.97. The summed E-state index contributed by atoms with van der Waals surface area (Å²) in [6.07, 6.45) is 1.24. The number of aryl methyl sites for hydroxylation is 1. The lowest BCUT2D eigenvalue weighted by Crippen LogP contribution is -2.29. The van der Waals surface area contributed by atoms with Crippen LogP contribution >= 0.6 is 15.9 Å². The molecule has 0 spiro atoms. The Hall–Kier alpha value is -2.74. The van der Waals surface area contributed by atoms with Gasteiger partial charge in [0.1, 0.15) is 0 Å². The lowest BCUT2D eigenvalue weighted by atomic mass is 9.95. The molecule has 30 heavy (non-hydrogen) atoms. The van der Waals surface area contributed by atoms with E-state index in [1.54, 1.807) is 27.4 Å². The Morgan fingerprint density at radius 3 is 2.33 bits per heavy atom. The van der Waals surface area contributed by atoms with E-state index in [1.807, 2.05) is 12.1 Å². The van der Waals surface area contributed by atoms with Crippen molar-refractivity contribution in [3.63, 3.8) is 0 Å². The topological polar surface area (TPSA) is 83.1 Å². The van der Waals surface area contributed by atoms with Gasteiger partial charge < -0.3 is 24.3 Å². The second kappa shape index (κ2) is 9.38. The zero-order valence-corrected chi connectivity index (χ0v) is 18.9. The minimum atomic E-state index is -0.357. The molecule has 0 unspecified atom stereocenters. The molecule has 0 heterocycles. The fourth-order valence-corrected chi connectivity index (χ4v) is 4.01. The van der Waals surface area contributed by atoms with E-state index in [2.05, 4.69) is 21.2 Å². The fraction of sp³-hybridized carbons (Fsp3) is 0.364. The number of rotatable bonds is 6. The Labute approximate surface area is 183 Å². The molecule has 0 aromatic heterocycles. The highest BCUT2D eigenvalue weighted by molar-refractivity contribution is 9.09. The minimum Gasteiger partial charge on any atom is -0.493 e. The molecule has 1 aliphatic rings. The molecule has 1 N–H and O–H groups in total. The first kappa shape index (κ1) is 22.0. The highest BCUT2D eigenvalue weighted by atomic mass is 79.9. The number of halogens is 1. The van der Waals surface area contributed by atoms with Crippen molar-refractivity contribution in [3.05, 3.63) is 45.6 Å². The zero-order chi connectivity index (χ0) is 21.8. The van der Waals surface area contributed by atoms with E-state index < -0.39 is 0 Å². The van der Waals surface area contributed by atoms with Crippen molar-refractivity contribution in [1.82, 2.24) is 5.32 Å². The Bertz CT molecular complexity index is 1020. The number of amides is 1. The molecule has 2 aromatic carbocycles. The summed E-state index contributed by atoms with van der Waals surface area (Å²) >= 11 is 3.19. The largest absolute Gasteiger partial charge is 0.493 e. The molecule has 0 radical (unpaired) electrons. The van der Waals surface area contributed by atoms with Gasteiger partial charge in [0.2, 0.25) is 17.1 Å². The average Bonchev–Trinajstić information content (AvgIpc) is 3.00. The monoisotopic (exact) mass is 477 g/mol. The quantitative estimate of drug-likeness (QED) is 0.642. The Kier molecular flexibility index (Phi) is 6.87. The van der Waals surface area contributed by atoms with Crippen LogP contribution in [-0.4, -0.2) is 39.7 Å². The number of methoxy groups -OCH3 is 4. The summed E-state index contributed by atoms with van der Waals surface area (Å²) in [6, 6.07) is 6.54. The van der Waals surface area contributed by atoms with Crippen LogP contribution in [0.2, 0.25) is 0 Å². The van der Waals surface area contributed by atoms with Crippen LogP contribution < -0.4 is 29.7 Å². The number of benzene rings is 1. The van der Waals surface area contributed by atoms with Crippen molar-refractivity contribution in [2.75, 3.05) is 33.8 Å². The molecular formula is C22H24BrNO6. The molecule has 160 valence electrons. The van der Waals surface area contributed by atoms with E-state index in [-0.39, 0.29) is 28.5 Å². The molecule has 0 bridgehead atoms. The van der Waals surface area contributed by atoms with Gasteiger partial charge in [-0.2, -0.15) is 0 Å². The van der Waals surface area contributed by atoms with Crippen molar-refractivity contribution in [1.29, 1.82) is 0 Å². The van der Waals surface area contributed by atoms with Crippen molar-refractivity contribution in [2.45, 2.75) is 18.9 Å². The number of carbonyl (C=O) groups excluding carboxylic acids is 1. The SMILES string of the molecule is COc1cc2c(c(OC)c1OC)-c1ccc(OC)c(=O)cc1[C@@H](NC(=O)CBr)CC2. The van der Waals surface area contributed by atoms with E-state index in [9.17, 15) is 9.59 Å².